The van der Waals surface area contributed by atoms with Crippen LogP contribution in [-0.4, -0.2) is 61.0 Å². The second kappa shape index (κ2) is 9.50. The van der Waals surface area contributed by atoms with Crippen molar-refractivity contribution in [3.05, 3.63) is 23.9 Å². The molecule has 0 radical (unpaired) electrons. The van der Waals surface area contributed by atoms with Crippen LogP contribution in [0.15, 0.2) is 18.3 Å². The molecule has 148 valence electrons. The quantitative estimate of drug-likeness (QED) is 0.793. The molecule has 2 aliphatic heterocycles. The number of anilines is 1. The van der Waals surface area contributed by atoms with E-state index in [0.717, 1.165) is 57.4 Å². The zero-order valence-corrected chi connectivity index (χ0v) is 16.6. The van der Waals surface area contributed by atoms with Crippen molar-refractivity contribution in [3.63, 3.8) is 0 Å². The summed E-state index contributed by atoms with van der Waals surface area (Å²) in [6, 6.07) is 5.71. The molecule has 0 aliphatic carbocycles. The number of ether oxygens (including phenoxy) is 2. The molecule has 0 saturated carbocycles. The maximum atomic E-state index is 8.86. The Balaban J connectivity index is 1.53. The van der Waals surface area contributed by atoms with Crippen molar-refractivity contribution in [3.8, 4) is 6.07 Å². The molecule has 0 aromatic carbocycles. The number of hydrogen-bond donors (Lipinski definition) is 1. The van der Waals surface area contributed by atoms with Crippen LogP contribution < -0.4 is 5.32 Å². The van der Waals surface area contributed by atoms with E-state index in [9.17, 15) is 0 Å². The zero-order valence-electron chi connectivity index (χ0n) is 16.6. The van der Waals surface area contributed by atoms with Crippen LogP contribution in [-0.2, 0) is 9.47 Å². The summed E-state index contributed by atoms with van der Waals surface area (Å²) in [5.74, 6) is 1.53. The Hall–Kier alpha value is -1.68. The maximum absolute atomic E-state index is 8.86. The van der Waals surface area contributed by atoms with Crippen LogP contribution in [0.25, 0.3) is 0 Å². The highest BCUT2D eigenvalue weighted by molar-refractivity contribution is 5.39. The highest BCUT2D eigenvalue weighted by atomic mass is 16.6. The first-order valence-electron chi connectivity index (χ1n) is 10.2. The molecule has 6 heteroatoms. The average Bonchev–Trinajstić information content (AvgIpc) is 2.99. The third-order valence-corrected chi connectivity index (χ3v) is 5.84. The van der Waals surface area contributed by atoms with E-state index in [2.05, 4.69) is 35.1 Å². The second-order valence-electron chi connectivity index (χ2n) is 7.86. The molecule has 2 atom stereocenters. The number of rotatable bonds is 7. The molecule has 1 aromatic rings. The number of pyridine rings is 1. The molecule has 3 rings (SSSR count). The van der Waals surface area contributed by atoms with Gasteiger partial charge in [-0.15, -0.1) is 0 Å². The van der Waals surface area contributed by atoms with Gasteiger partial charge in [-0.25, -0.2) is 4.98 Å². The van der Waals surface area contributed by atoms with E-state index in [1.807, 2.05) is 6.07 Å². The van der Waals surface area contributed by atoms with E-state index >= 15 is 0 Å². The Kier molecular flexibility index (Phi) is 7.06. The molecular formula is C21H32N4O2. The zero-order chi connectivity index (χ0) is 19.1. The lowest BCUT2D eigenvalue weighted by Gasteiger charge is -2.33. The first kappa shape index (κ1) is 20.1. The van der Waals surface area contributed by atoms with Crippen molar-refractivity contribution in [2.45, 2.75) is 51.2 Å². The van der Waals surface area contributed by atoms with Gasteiger partial charge in [-0.05, 0) is 30.9 Å². The minimum atomic E-state index is -0.174. The predicted octanol–water partition coefficient (Wildman–Crippen LogP) is 3.05. The van der Waals surface area contributed by atoms with Crippen molar-refractivity contribution in [2.75, 3.05) is 44.7 Å². The average molecular weight is 373 g/mol. The van der Waals surface area contributed by atoms with Gasteiger partial charge in [0.1, 0.15) is 17.5 Å². The first-order valence-corrected chi connectivity index (χ1v) is 10.2. The molecule has 1 spiro atoms. The molecule has 0 amide bonds. The van der Waals surface area contributed by atoms with Crippen LogP contribution in [0.5, 0.6) is 0 Å². The predicted molar refractivity (Wildman–Crippen MR) is 106 cm³/mol. The first-order chi connectivity index (χ1) is 13.2. The number of nitrogens with zero attached hydrogens (tertiary/aromatic N) is 3. The molecule has 27 heavy (non-hydrogen) atoms. The molecule has 2 unspecified atom stereocenters. The van der Waals surface area contributed by atoms with Gasteiger partial charge in [0.05, 0.1) is 24.9 Å². The lowest BCUT2D eigenvalue weighted by Crippen LogP contribution is -2.46. The van der Waals surface area contributed by atoms with E-state index in [1.54, 1.807) is 12.3 Å². The number of nitriles is 1. The third-order valence-electron chi connectivity index (χ3n) is 5.84. The van der Waals surface area contributed by atoms with E-state index < -0.39 is 0 Å². The van der Waals surface area contributed by atoms with Crippen LogP contribution >= 0.6 is 0 Å². The van der Waals surface area contributed by atoms with E-state index in [4.69, 9.17) is 14.7 Å². The topological polar surface area (TPSA) is 70.4 Å². The van der Waals surface area contributed by atoms with Crippen molar-refractivity contribution in [1.82, 2.24) is 9.88 Å². The Morgan fingerprint density at radius 3 is 2.96 bits per heavy atom. The Bertz CT molecular complexity index is 626. The summed E-state index contributed by atoms with van der Waals surface area (Å²) in [5, 5.41) is 12.2. The van der Waals surface area contributed by atoms with Gasteiger partial charge in [-0.2, -0.15) is 5.26 Å². The molecule has 6 nitrogen and oxygen atoms in total. The van der Waals surface area contributed by atoms with Crippen molar-refractivity contribution in [1.29, 1.82) is 5.26 Å². The number of hydrogen-bond acceptors (Lipinski definition) is 6. The normalized spacial score (nSPS) is 26.2. The second-order valence-corrected chi connectivity index (χ2v) is 7.86. The largest absolute Gasteiger partial charge is 0.377 e. The highest BCUT2D eigenvalue weighted by Crippen LogP contribution is 2.33. The maximum Gasteiger partial charge on any atom is 0.126 e. The van der Waals surface area contributed by atoms with Crippen LogP contribution in [0, 0.1) is 17.2 Å². The molecule has 0 bridgehead atoms. The van der Waals surface area contributed by atoms with E-state index in [1.165, 1.54) is 12.8 Å². The molecule has 1 N–H and O–H groups in total. The summed E-state index contributed by atoms with van der Waals surface area (Å²) in [4.78, 5) is 6.82. The van der Waals surface area contributed by atoms with E-state index in [0.29, 0.717) is 12.2 Å². The minimum absolute atomic E-state index is 0.166. The summed E-state index contributed by atoms with van der Waals surface area (Å²) in [5.41, 5.74) is 0.400. The Morgan fingerprint density at radius 2 is 2.26 bits per heavy atom. The van der Waals surface area contributed by atoms with Gasteiger partial charge in [-0.1, -0.05) is 26.7 Å². The summed E-state index contributed by atoms with van der Waals surface area (Å²) in [6.45, 7) is 9.88. The lowest BCUT2D eigenvalue weighted by atomic mass is 9.98. The van der Waals surface area contributed by atoms with Crippen LogP contribution in [0.3, 0.4) is 0 Å². The summed E-state index contributed by atoms with van der Waals surface area (Å²) < 4.78 is 12.4. The molecule has 2 aliphatic rings. The number of nitrogens with one attached hydrogen (secondary N) is 1. The Labute approximate surface area is 162 Å². The standard InChI is InChI=1S/C21H32N4O2/c1-3-17(4-2)14-25-9-10-26-16-21(15-25)8-7-19(27-21)13-24-20-6-5-18(11-22)12-23-20/h5-6,12,17,19H,3-4,7-10,13-16H2,1-2H3,(H,23,24). The smallest absolute Gasteiger partial charge is 0.126 e. The molecule has 2 fully saturated rings. The SMILES string of the molecule is CCC(CC)CN1CCOCC2(CCC(CNc3ccc(C#N)cn3)O2)C1. The monoisotopic (exact) mass is 372 g/mol. The molecule has 2 saturated heterocycles. The molecule has 1 aromatic heterocycles. The minimum Gasteiger partial charge on any atom is -0.377 e. The lowest BCUT2D eigenvalue weighted by molar-refractivity contribution is -0.0828. The fourth-order valence-electron chi connectivity index (χ4n) is 4.10. The molecule has 3 heterocycles. The van der Waals surface area contributed by atoms with Gasteiger partial charge < -0.3 is 14.8 Å². The van der Waals surface area contributed by atoms with Crippen LogP contribution in [0.1, 0.15) is 45.1 Å². The third kappa shape index (κ3) is 5.41. The van der Waals surface area contributed by atoms with Crippen molar-refractivity contribution in [2.24, 2.45) is 5.92 Å². The van der Waals surface area contributed by atoms with Crippen LogP contribution in [0.2, 0.25) is 0 Å². The summed E-state index contributed by atoms with van der Waals surface area (Å²) in [6.07, 6.45) is 6.29. The highest BCUT2D eigenvalue weighted by Gasteiger charge is 2.43. The van der Waals surface area contributed by atoms with E-state index in [-0.39, 0.29) is 11.7 Å². The van der Waals surface area contributed by atoms with Gasteiger partial charge in [-0.3, -0.25) is 4.90 Å². The fourth-order valence-corrected chi connectivity index (χ4v) is 4.10. The molecular weight excluding hydrogens is 340 g/mol. The van der Waals surface area contributed by atoms with Gasteiger partial charge in [0.2, 0.25) is 0 Å². The van der Waals surface area contributed by atoms with Gasteiger partial charge in [0, 0.05) is 32.4 Å². The van der Waals surface area contributed by atoms with Gasteiger partial charge in [0.25, 0.3) is 0 Å². The Morgan fingerprint density at radius 1 is 1.41 bits per heavy atom. The number of aromatic nitrogens is 1. The van der Waals surface area contributed by atoms with Crippen LogP contribution in [0.4, 0.5) is 5.82 Å². The van der Waals surface area contributed by atoms with Crippen molar-refractivity contribution >= 4 is 5.82 Å². The van der Waals surface area contributed by atoms with Crippen molar-refractivity contribution < 1.29 is 9.47 Å². The summed E-state index contributed by atoms with van der Waals surface area (Å²) >= 11 is 0. The summed E-state index contributed by atoms with van der Waals surface area (Å²) in [7, 11) is 0. The van der Waals surface area contributed by atoms with Gasteiger partial charge >= 0.3 is 0 Å². The van der Waals surface area contributed by atoms with Gasteiger partial charge in [0.15, 0.2) is 0 Å². The fraction of sp³-hybridized carbons (Fsp3) is 0.714.